The number of hydrogen-bond acceptors (Lipinski definition) is 3. The minimum Gasteiger partial charge on any atom is -0.492 e. The molecule has 2 aromatic rings. The van der Waals surface area contributed by atoms with Gasteiger partial charge in [0.25, 0.3) is 5.91 Å². The van der Waals surface area contributed by atoms with Crippen LogP contribution in [0.25, 0.3) is 0 Å². The zero-order chi connectivity index (χ0) is 15.4. The fraction of sp³-hybridized carbons (Fsp3) is 0.133. The molecule has 0 saturated heterocycles. The van der Waals surface area contributed by atoms with Gasteiger partial charge < -0.3 is 15.8 Å². The molecule has 6 heteroatoms. The summed E-state index contributed by atoms with van der Waals surface area (Å²) < 4.78 is 19.1. The molecule has 0 aromatic heterocycles. The first kappa shape index (κ1) is 15.3. The molecule has 0 unspecified atom stereocenters. The number of nitrogen functional groups attached to an aromatic ring is 1. The third kappa shape index (κ3) is 3.72. The molecule has 0 fully saturated rings. The van der Waals surface area contributed by atoms with Crippen LogP contribution in [-0.2, 0) is 0 Å². The van der Waals surface area contributed by atoms with Crippen molar-refractivity contribution in [2.24, 2.45) is 0 Å². The second-order valence-corrected chi connectivity index (χ2v) is 5.12. The zero-order valence-electron chi connectivity index (χ0n) is 11.3. The van der Waals surface area contributed by atoms with E-state index in [1.54, 1.807) is 12.1 Å². The maximum absolute atomic E-state index is 13.2. The molecule has 2 aromatic carbocycles. The molecule has 110 valence electrons. The molecule has 0 aliphatic rings. The van der Waals surface area contributed by atoms with E-state index in [0.717, 1.165) is 0 Å². The molecular weight excluding hydrogens is 339 g/mol. The van der Waals surface area contributed by atoms with Gasteiger partial charge in [-0.05, 0) is 59.3 Å². The Morgan fingerprint density at radius 2 is 2.10 bits per heavy atom. The Balaban J connectivity index is 2.20. The van der Waals surface area contributed by atoms with Crippen molar-refractivity contribution in [3.63, 3.8) is 0 Å². The van der Waals surface area contributed by atoms with Gasteiger partial charge in [-0.15, -0.1) is 0 Å². The number of ether oxygens (including phenoxy) is 1. The first-order chi connectivity index (χ1) is 10.0. The number of hydrogen-bond donors (Lipinski definition) is 2. The van der Waals surface area contributed by atoms with Gasteiger partial charge in [0.2, 0.25) is 0 Å². The molecule has 0 bridgehead atoms. The molecule has 0 radical (unpaired) electrons. The maximum Gasteiger partial charge on any atom is 0.255 e. The topological polar surface area (TPSA) is 64.3 Å². The SMILES string of the molecule is CCOc1ccc(C(=O)Nc2cc(F)ccc2Br)cc1N. The Hall–Kier alpha value is -2.08. The minimum absolute atomic E-state index is 0.354. The zero-order valence-corrected chi connectivity index (χ0v) is 12.9. The molecule has 4 nitrogen and oxygen atoms in total. The molecule has 21 heavy (non-hydrogen) atoms. The van der Waals surface area contributed by atoms with Crippen molar-refractivity contribution in [2.45, 2.75) is 6.92 Å². The number of nitrogens with one attached hydrogen (secondary N) is 1. The second kappa shape index (κ2) is 6.58. The van der Waals surface area contributed by atoms with Crippen LogP contribution in [-0.4, -0.2) is 12.5 Å². The molecular formula is C15H14BrFN2O2. The maximum atomic E-state index is 13.2. The normalized spacial score (nSPS) is 10.2. The van der Waals surface area contributed by atoms with Crippen LogP contribution in [0.3, 0.4) is 0 Å². The molecule has 0 saturated carbocycles. The smallest absolute Gasteiger partial charge is 0.255 e. The van der Waals surface area contributed by atoms with Crippen molar-refractivity contribution >= 4 is 33.2 Å². The van der Waals surface area contributed by atoms with Crippen molar-refractivity contribution in [3.8, 4) is 5.75 Å². The van der Waals surface area contributed by atoms with Gasteiger partial charge in [-0.3, -0.25) is 4.79 Å². The van der Waals surface area contributed by atoms with E-state index in [0.29, 0.717) is 33.8 Å². The standard InChI is InChI=1S/C15H14BrFN2O2/c1-2-21-14-6-3-9(7-12(14)18)15(20)19-13-8-10(17)4-5-11(13)16/h3-8H,2,18H2,1H3,(H,19,20). The Morgan fingerprint density at radius 1 is 1.33 bits per heavy atom. The lowest BCUT2D eigenvalue weighted by Gasteiger charge is -2.10. The average Bonchev–Trinajstić information content (AvgIpc) is 2.45. The van der Waals surface area contributed by atoms with E-state index in [-0.39, 0.29) is 5.91 Å². The van der Waals surface area contributed by atoms with Crippen molar-refractivity contribution in [3.05, 3.63) is 52.3 Å². The summed E-state index contributed by atoms with van der Waals surface area (Å²) >= 11 is 3.25. The fourth-order valence-electron chi connectivity index (χ4n) is 1.76. The molecule has 3 N–H and O–H groups in total. The number of anilines is 2. The Bertz CT molecular complexity index is 677. The van der Waals surface area contributed by atoms with E-state index in [2.05, 4.69) is 21.2 Å². The second-order valence-electron chi connectivity index (χ2n) is 4.26. The largest absolute Gasteiger partial charge is 0.492 e. The molecule has 0 spiro atoms. The molecule has 2 rings (SSSR count). The molecule has 1 amide bonds. The number of carbonyl (C=O) groups is 1. The van der Waals surface area contributed by atoms with Crippen LogP contribution < -0.4 is 15.8 Å². The summed E-state index contributed by atoms with van der Waals surface area (Å²) in [6.45, 7) is 2.34. The van der Waals surface area contributed by atoms with Crippen LogP contribution in [0.4, 0.5) is 15.8 Å². The first-order valence-electron chi connectivity index (χ1n) is 6.30. The highest BCUT2D eigenvalue weighted by atomic mass is 79.9. The third-order valence-corrected chi connectivity index (χ3v) is 3.44. The summed E-state index contributed by atoms with van der Waals surface area (Å²) in [6, 6.07) is 8.82. The number of halogens is 2. The number of amides is 1. The Kier molecular flexibility index (Phi) is 4.80. The highest BCUT2D eigenvalue weighted by Gasteiger charge is 2.11. The highest BCUT2D eigenvalue weighted by Crippen LogP contribution is 2.26. The van der Waals surface area contributed by atoms with Gasteiger partial charge in [0.1, 0.15) is 11.6 Å². The molecule has 0 aliphatic carbocycles. The first-order valence-corrected chi connectivity index (χ1v) is 7.09. The molecule has 0 aliphatic heterocycles. The number of rotatable bonds is 4. The Labute approximate surface area is 130 Å². The number of carbonyl (C=O) groups excluding carboxylic acids is 1. The number of benzene rings is 2. The monoisotopic (exact) mass is 352 g/mol. The van der Waals surface area contributed by atoms with Gasteiger partial charge in [-0.1, -0.05) is 0 Å². The van der Waals surface area contributed by atoms with E-state index in [1.165, 1.54) is 24.3 Å². The van der Waals surface area contributed by atoms with Crippen LogP contribution in [0, 0.1) is 5.82 Å². The summed E-state index contributed by atoms with van der Waals surface area (Å²) in [5.74, 6) is -0.281. The highest BCUT2D eigenvalue weighted by molar-refractivity contribution is 9.10. The van der Waals surface area contributed by atoms with Gasteiger partial charge in [0.15, 0.2) is 0 Å². The van der Waals surface area contributed by atoms with Crippen molar-refractivity contribution in [1.29, 1.82) is 0 Å². The van der Waals surface area contributed by atoms with E-state index >= 15 is 0 Å². The van der Waals surface area contributed by atoms with Crippen LogP contribution >= 0.6 is 15.9 Å². The van der Waals surface area contributed by atoms with Crippen LogP contribution in [0.5, 0.6) is 5.75 Å². The third-order valence-electron chi connectivity index (χ3n) is 2.75. The predicted octanol–water partition coefficient (Wildman–Crippen LogP) is 3.82. The van der Waals surface area contributed by atoms with Gasteiger partial charge in [-0.25, -0.2) is 4.39 Å². The predicted molar refractivity (Wildman–Crippen MR) is 84.1 cm³/mol. The molecule has 0 heterocycles. The van der Waals surface area contributed by atoms with Crippen molar-refractivity contribution in [2.75, 3.05) is 17.7 Å². The fourth-order valence-corrected chi connectivity index (χ4v) is 2.11. The van der Waals surface area contributed by atoms with Crippen molar-refractivity contribution < 1.29 is 13.9 Å². The molecule has 0 atom stereocenters. The van der Waals surface area contributed by atoms with Gasteiger partial charge in [0.05, 0.1) is 18.0 Å². The van der Waals surface area contributed by atoms with Crippen LogP contribution in [0.15, 0.2) is 40.9 Å². The average molecular weight is 353 g/mol. The lowest BCUT2D eigenvalue weighted by Crippen LogP contribution is -2.13. The summed E-state index contributed by atoms with van der Waals surface area (Å²) in [4.78, 5) is 12.1. The minimum atomic E-state index is -0.431. The summed E-state index contributed by atoms with van der Waals surface area (Å²) in [7, 11) is 0. The van der Waals surface area contributed by atoms with E-state index in [4.69, 9.17) is 10.5 Å². The van der Waals surface area contributed by atoms with E-state index in [9.17, 15) is 9.18 Å². The van der Waals surface area contributed by atoms with Gasteiger partial charge in [0, 0.05) is 10.0 Å². The summed E-state index contributed by atoms with van der Waals surface area (Å²) in [6.07, 6.45) is 0. The lowest BCUT2D eigenvalue weighted by atomic mass is 10.1. The summed E-state index contributed by atoms with van der Waals surface area (Å²) in [5, 5.41) is 2.62. The quantitative estimate of drug-likeness (QED) is 0.822. The van der Waals surface area contributed by atoms with Gasteiger partial charge in [-0.2, -0.15) is 0 Å². The van der Waals surface area contributed by atoms with Crippen molar-refractivity contribution in [1.82, 2.24) is 0 Å². The Morgan fingerprint density at radius 3 is 2.76 bits per heavy atom. The van der Waals surface area contributed by atoms with Gasteiger partial charge >= 0.3 is 0 Å². The number of nitrogens with two attached hydrogens (primary N) is 1. The van der Waals surface area contributed by atoms with E-state index in [1.807, 2.05) is 6.92 Å². The van der Waals surface area contributed by atoms with E-state index < -0.39 is 5.82 Å². The summed E-state index contributed by atoms with van der Waals surface area (Å²) in [5.41, 5.74) is 6.92. The van der Waals surface area contributed by atoms with Crippen LogP contribution in [0.1, 0.15) is 17.3 Å². The van der Waals surface area contributed by atoms with Crippen LogP contribution in [0.2, 0.25) is 0 Å². The lowest BCUT2D eigenvalue weighted by molar-refractivity contribution is 0.102.